The zero-order valence-corrected chi connectivity index (χ0v) is 12.8. The van der Waals surface area contributed by atoms with Crippen LogP contribution in [0.4, 0.5) is 0 Å². The number of hydrogen-bond acceptors (Lipinski definition) is 5. The summed E-state index contributed by atoms with van der Waals surface area (Å²) in [5, 5.41) is 5.85. The number of benzene rings is 1. The van der Waals surface area contributed by atoms with Crippen molar-refractivity contribution in [3.05, 3.63) is 35.9 Å². The highest BCUT2D eigenvalue weighted by Gasteiger charge is 2.21. The zero-order chi connectivity index (χ0) is 15.1. The van der Waals surface area contributed by atoms with Crippen LogP contribution in [0.15, 0.2) is 35.4 Å². The first-order valence-electron chi connectivity index (χ1n) is 6.87. The van der Waals surface area contributed by atoms with Crippen LogP contribution in [0.3, 0.4) is 0 Å². The molecule has 0 saturated heterocycles. The Kier molecular flexibility index (Phi) is 5.80. The number of rotatable bonds is 6. The third-order valence-corrected chi connectivity index (χ3v) is 3.84. The van der Waals surface area contributed by atoms with Gasteiger partial charge in [0.1, 0.15) is 0 Å². The van der Waals surface area contributed by atoms with Gasteiger partial charge in [0, 0.05) is 6.42 Å². The molecule has 5 nitrogen and oxygen atoms in total. The molecule has 1 aromatic carbocycles. The van der Waals surface area contributed by atoms with Crippen LogP contribution in [0, 0.1) is 0 Å². The molecule has 2 rings (SSSR count). The number of ether oxygens (including phenoxy) is 1. The molecule has 1 aromatic rings. The van der Waals surface area contributed by atoms with E-state index >= 15 is 0 Å². The van der Waals surface area contributed by atoms with Gasteiger partial charge in [-0.25, -0.2) is 5.01 Å². The van der Waals surface area contributed by atoms with Crippen molar-refractivity contribution in [1.29, 1.82) is 0 Å². The Morgan fingerprint density at radius 1 is 1.29 bits per heavy atom. The minimum atomic E-state index is -0.287. The summed E-state index contributed by atoms with van der Waals surface area (Å²) in [6.45, 7) is 2.73. The number of carbonyl (C=O) groups excluding carboxylic acids is 2. The van der Waals surface area contributed by atoms with Gasteiger partial charge in [-0.1, -0.05) is 30.3 Å². The molecule has 112 valence electrons. The third kappa shape index (κ3) is 4.60. The quantitative estimate of drug-likeness (QED) is 0.753. The summed E-state index contributed by atoms with van der Waals surface area (Å²) < 4.78 is 4.81. The fourth-order valence-electron chi connectivity index (χ4n) is 1.97. The predicted octanol–water partition coefficient (Wildman–Crippen LogP) is 1.92. The number of carbonyl (C=O) groups is 2. The normalized spacial score (nSPS) is 14.0. The van der Waals surface area contributed by atoms with E-state index in [1.54, 1.807) is 6.92 Å². The van der Waals surface area contributed by atoms with Crippen LogP contribution in [0.25, 0.3) is 0 Å². The van der Waals surface area contributed by atoms with Gasteiger partial charge in [-0.2, -0.15) is 5.10 Å². The molecule has 0 saturated carbocycles. The van der Waals surface area contributed by atoms with Crippen molar-refractivity contribution in [1.82, 2.24) is 5.01 Å². The first-order chi connectivity index (χ1) is 10.2. The highest BCUT2D eigenvalue weighted by atomic mass is 32.2. The van der Waals surface area contributed by atoms with Crippen LogP contribution in [0.5, 0.6) is 0 Å². The van der Waals surface area contributed by atoms with Crippen LogP contribution in [-0.4, -0.2) is 47.3 Å². The summed E-state index contributed by atoms with van der Waals surface area (Å²) >= 11 is 1.26. The maximum Gasteiger partial charge on any atom is 0.315 e. The summed E-state index contributed by atoms with van der Waals surface area (Å²) in [7, 11) is 0. The smallest absolute Gasteiger partial charge is 0.315 e. The molecule has 1 heterocycles. The van der Waals surface area contributed by atoms with Gasteiger partial charge in [0.25, 0.3) is 5.91 Å². The molecule has 1 aliphatic rings. The SMILES string of the molecule is CCOC(=O)CSCC(=O)N1CCC(c2ccccc2)=N1. The minimum Gasteiger partial charge on any atom is -0.465 e. The van der Waals surface area contributed by atoms with Gasteiger partial charge in [-0.05, 0) is 12.5 Å². The molecule has 1 amide bonds. The second-order valence-electron chi connectivity index (χ2n) is 4.48. The van der Waals surface area contributed by atoms with E-state index in [0.717, 1.165) is 17.7 Å². The summed E-state index contributed by atoms with van der Waals surface area (Å²) in [6.07, 6.45) is 0.762. The number of esters is 1. The van der Waals surface area contributed by atoms with E-state index in [0.29, 0.717) is 13.2 Å². The topological polar surface area (TPSA) is 59.0 Å². The lowest BCUT2D eigenvalue weighted by Crippen LogP contribution is -2.25. The molecular formula is C15H18N2O3S. The van der Waals surface area contributed by atoms with Gasteiger partial charge < -0.3 is 4.74 Å². The number of nitrogens with zero attached hydrogens (tertiary/aromatic N) is 2. The highest BCUT2D eigenvalue weighted by Crippen LogP contribution is 2.15. The molecule has 0 radical (unpaired) electrons. The van der Waals surface area contributed by atoms with E-state index in [1.807, 2.05) is 30.3 Å². The summed E-state index contributed by atoms with van der Waals surface area (Å²) in [6, 6.07) is 9.84. The zero-order valence-electron chi connectivity index (χ0n) is 11.9. The largest absolute Gasteiger partial charge is 0.465 e. The predicted molar refractivity (Wildman–Crippen MR) is 83.3 cm³/mol. The molecule has 0 bridgehead atoms. The Morgan fingerprint density at radius 2 is 2.05 bits per heavy atom. The second-order valence-corrected chi connectivity index (χ2v) is 5.46. The first kappa shape index (κ1) is 15.6. The minimum absolute atomic E-state index is 0.0739. The Balaban J connectivity index is 1.82. The van der Waals surface area contributed by atoms with Gasteiger partial charge in [-0.15, -0.1) is 11.8 Å². The molecule has 21 heavy (non-hydrogen) atoms. The summed E-state index contributed by atoms with van der Waals surface area (Å²) in [5.41, 5.74) is 1.98. The molecule has 0 aromatic heterocycles. The van der Waals surface area contributed by atoms with E-state index < -0.39 is 0 Å². The summed E-state index contributed by atoms with van der Waals surface area (Å²) in [4.78, 5) is 23.2. The monoisotopic (exact) mass is 306 g/mol. The Labute approximate surface area is 128 Å². The molecular weight excluding hydrogens is 288 g/mol. The van der Waals surface area contributed by atoms with E-state index in [9.17, 15) is 9.59 Å². The Morgan fingerprint density at radius 3 is 2.76 bits per heavy atom. The van der Waals surface area contributed by atoms with Crippen LogP contribution < -0.4 is 0 Å². The van der Waals surface area contributed by atoms with Crippen molar-refractivity contribution in [2.24, 2.45) is 5.10 Å². The maximum atomic E-state index is 12.0. The number of hydrogen-bond donors (Lipinski definition) is 0. The lowest BCUT2D eigenvalue weighted by atomic mass is 10.1. The van der Waals surface area contributed by atoms with Crippen LogP contribution in [-0.2, 0) is 14.3 Å². The average molecular weight is 306 g/mol. The second kappa shape index (κ2) is 7.83. The van der Waals surface area contributed by atoms with E-state index in [1.165, 1.54) is 16.8 Å². The van der Waals surface area contributed by atoms with Crippen molar-refractivity contribution in [2.75, 3.05) is 24.7 Å². The van der Waals surface area contributed by atoms with E-state index in [-0.39, 0.29) is 23.4 Å². The van der Waals surface area contributed by atoms with E-state index in [4.69, 9.17) is 4.74 Å². The lowest BCUT2D eigenvalue weighted by molar-refractivity contribution is -0.139. The molecule has 0 atom stereocenters. The number of hydrazone groups is 1. The number of thioether (sulfide) groups is 1. The molecule has 0 aliphatic carbocycles. The third-order valence-electron chi connectivity index (χ3n) is 2.95. The number of amides is 1. The average Bonchev–Trinajstić information content (AvgIpc) is 2.98. The van der Waals surface area contributed by atoms with Crippen molar-refractivity contribution in [2.45, 2.75) is 13.3 Å². The Hall–Kier alpha value is -1.82. The van der Waals surface area contributed by atoms with Gasteiger partial charge in [0.05, 0.1) is 30.4 Å². The van der Waals surface area contributed by atoms with E-state index in [2.05, 4.69) is 5.10 Å². The van der Waals surface area contributed by atoms with Crippen molar-refractivity contribution in [3.8, 4) is 0 Å². The van der Waals surface area contributed by atoms with Crippen LogP contribution in [0.2, 0.25) is 0 Å². The highest BCUT2D eigenvalue weighted by molar-refractivity contribution is 8.00. The molecule has 1 aliphatic heterocycles. The van der Waals surface area contributed by atoms with Crippen molar-refractivity contribution >= 4 is 29.4 Å². The van der Waals surface area contributed by atoms with Crippen molar-refractivity contribution < 1.29 is 14.3 Å². The maximum absolute atomic E-state index is 12.0. The standard InChI is InChI=1S/C15H18N2O3S/c1-2-20-15(19)11-21-10-14(18)17-9-8-13(16-17)12-6-4-3-5-7-12/h3-7H,2,8-11H2,1H3. The fourth-order valence-corrected chi connectivity index (χ4v) is 2.65. The van der Waals surface area contributed by atoms with Gasteiger partial charge in [0.2, 0.25) is 0 Å². The van der Waals surface area contributed by atoms with Gasteiger partial charge in [-0.3, -0.25) is 9.59 Å². The molecule has 0 spiro atoms. The van der Waals surface area contributed by atoms with Gasteiger partial charge >= 0.3 is 5.97 Å². The molecule has 6 heteroatoms. The molecule has 0 N–H and O–H groups in total. The summed E-state index contributed by atoms with van der Waals surface area (Å²) in [5.74, 6) is 0.0768. The Bertz CT molecular complexity index is 531. The first-order valence-corrected chi connectivity index (χ1v) is 8.02. The molecule has 0 unspecified atom stereocenters. The lowest BCUT2D eigenvalue weighted by Gasteiger charge is -2.10. The van der Waals surface area contributed by atoms with Crippen LogP contribution in [0.1, 0.15) is 18.9 Å². The van der Waals surface area contributed by atoms with Crippen molar-refractivity contribution in [3.63, 3.8) is 0 Å². The fraction of sp³-hybridized carbons (Fsp3) is 0.400. The van der Waals surface area contributed by atoms with Gasteiger partial charge in [0.15, 0.2) is 0 Å². The molecule has 0 fully saturated rings. The van der Waals surface area contributed by atoms with Crippen LogP contribution >= 0.6 is 11.8 Å².